The molecule has 1 aromatic heterocycles. The van der Waals surface area contributed by atoms with Crippen LogP contribution in [0.25, 0.3) is 0 Å². The third-order valence-electron chi connectivity index (χ3n) is 7.86. The number of benzene rings is 2. The van der Waals surface area contributed by atoms with E-state index >= 15 is 0 Å². The summed E-state index contributed by atoms with van der Waals surface area (Å²) in [5, 5.41) is 20.3. The molecule has 0 unspecified atom stereocenters. The van der Waals surface area contributed by atoms with E-state index in [1.165, 1.54) is 5.56 Å². The number of amidine groups is 1. The molecule has 0 aliphatic carbocycles. The monoisotopic (exact) mass is 608 g/mol. The Labute approximate surface area is 250 Å². The van der Waals surface area contributed by atoms with Crippen molar-refractivity contribution < 1.29 is 9.90 Å². The number of aromatic nitrogens is 2. The molecule has 0 amide bonds. The lowest BCUT2D eigenvalue weighted by Gasteiger charge is -2.28. The van der Waals surface area contributed by atoms with E-state index in [2.05, 4.69) is 70.1 Å². The van der Waals surface area contributed by atoms with Gasteiger partial charge in [0.05, 0.1) is 18.8 Å². The molecule has 4 rings (SSSR count). The van der Waals surface area contributed by atoms with Gasteiger partial charge >= 0.3 is 0 Å². The van der Waals surface area contributed by atoms with Gasteiger partial charge in [0.2, 0.25) is 0 Å². The second-order valence-electron chi connectivity index (χ2n) is 13.1. The van der Waals surface area contributed by atoms with Gasteiger partial charge in [0.1, 0.15) is 11.6 Å². The Morgan fingerprint density at radius 2 is 1.65 bits per heavy atom. The second-order valence-corrected chi connectivity index (χ2v) is 13.1. The Balaban J connectivity index is 0.00000441. The van der Waals surface area contributed by atoms with Gasteiger partial charge in [-0.25, -0.2) is 4.98 Å². The Kier molecular flexibility index (Phi) is 9.71. The molecule has 2 N–H and O–H groups in total. The molecule has 2 aromatic carbocycles. The van der Waals surface area contributed by atoms with Gasteiger partial charge in [-0.3, -0.25) is 10.2 Å². The normalized spacial score (nSPS) is 17.7. The molecule has 2 atom stereocenters. The fourth-order valence-corrected chi connectivity index (χ4v) is 5.77. The molecule has 7 heteroatoms. The summed E-state index contributed by atoms with van der Waals surface area (Å²) in [6, 6.07) is 14.0. The van der Waals surface area contributed by atoms with Crippen LogP contribution in [0.2, 0.25) is 0 Å². The molecule has 1 aliphatic heterocycles. The third kappa shape index (κ3) is 6.68. The first kappa shape index (κ1) is 31.6. The molecule has 0 radical (unpaired) electrons. The van der Waals surface area contributed by atoms with Crippen LogP contribution in [0.1, 0.15) is 100.0 Å². The van der Waals surface area contributed by atoms with Crippen molar-refractivity contribution in [2.24, 2.45) is 5.92 Å². The molecule has 0 spiro atoms. The molecule has 216 valence electrons. The summed E-state index contributed by atoms with van der Waals surface area (Å²) in [5.41, 5.74) is 3.76. The number of ketones is 1. The maximum atomic E-state index is 13.7. The summed E-state index contributed by atoms with van der Waals surface area (Å²) < 4.78 is 2.15. The number of halogens is 1. The summed E-state index contributed by atoms with van der Waals surface area (Å²) in [5.74, 6) is 0.887. The molecule has 6 nitrogen and oxygen atoms in total. The van der Waals surface area contributed by atoms with Gasteiger partial charge in [-0.15, -0.1) is 17.0 Å². The predicted octanol–water partition coefficient (Wildman–Crippen LogP) is 7.49. The van der Waals surface area contributed by atoms with Gasteiger partial charge in [-0.1, -0.05) is 85.2 Å². The molecule has 1 aliphatic rings. The highest BCUT2D eigenvalue weighted by Gasteiger charge is 2.40. The topological polar surface area (TPSA) is 82.2 Å². The zero-order valence-corrected chi connectivity index (χ0v) is 26.7. The Morgan fingerprint density at radius 1 is 1.05 bits per heavy atom. The van der Waals surface area contributed by atoms with Crippen molar-refractivity contribution in [3.05, 3.63) is 82.9 Å². The smallest absolute Gasteiger partial charge is 0.182 e. The summed E-state index contributed by atoms with van der Waals surface area (Å²) in [6.45, 7) is 16.0. The molecule has 40 heavy (non-hydrogen) atoms. The van der Waals surface area contributed by atoms with Crippen LogP contribution in [0.15, 0.2) is 55.0 Å². The quantitative estimate of drug-likeness (QED) is 0.260. The third-order valence-corrected chi connectivity index (χ3v) is 7.86. The zero-order valence-electron chi connectivity index (χ0n) is 25.0. The maximum absolute atomic E-state index is 13.7. The van der Waals surface area contributed by atoms with E-state index in [0.29, 0.717) is 24.5 Å². The Morgan fingerprint density at radius 3 is 2.20 bits per heavy atom. The standard InChI is InChI=1S/C33H44N4O2.BrH/c1-8-12-23-19-36(31(34)29(23)27-17-35-21-37(27)18-22-13-10-9-11-14-22)20-28(38)24-15-25(32(2,3)4)30(39)26(16-24)33(5,6)7;/h9-11,13-17,21,23,29,34,39H,8,12,18-20H2,1-7H3;1H/t23-,29-;/m0./s1. The lowest BCUT2D eigenvalue weighted by atomic mass is 9.78. The van der Waals surface area contributed by atoms with Gasteiger partial charge in [-0.2, -0.15) is 0 Å². The van der Waals surface area contributed by atoms with E-state index < -0.39 is 0 Å². The van der Waals surface area contributed by atoms with Gasteiger partial charge in [-0.05, 0) is 40.9 Å². The minimum atomic E-state index is -0.310. The van der Waals surface area contributed by atoms with E-state index in [-0.39, 0.29) is 57.7 Å². The van der Waals surface area contributed by atoms with Crippen LogP contribution in [0.3, 0.4) is 0 Å². The Bertz CT molecular complexity index is 1300. The number of phenols is 1. The molecule has 1 saturated heterocycles. The van der Waals surface area contributed by atoms with Crippen LogP contribution in [-0.2, 0) is 17.4 Å². The lowest BCUT2D eigenvalue weighted by molar-refractivity contribution is 0.0963. The number of nitrogens with zero attached hydrogens (tertiary/aromatic N) is 3. The van der Waals surface area contributed by atoms with Crippen molar-refractivity contribution in [2.75, 3.05) is 13.1 Å². The fourth-order valence-electron chi connectivity index (χ4n) is 5.77. The van der Waals surface area contributed by atoms with Crippen molar-refractivity contribution in [1.82, 2.24) is 14.5 Å². The number of nitrogens with one attached hydrogen (secondary N) is 1. The second kappa shape index (κ2) is 12.3. The van der Waals surface area contributed by atoms with E-state index in [1.807, 2.05) is 47.8 Å². The highest BCUT2D eigenvalue weighted by molar-refractivity contribution is 8.93. The predicted molar refractivity (Wildman–Crippen MR) is 168 cm³/mol. The molecule has 0 bridgehead atoms. The highest BCUT2D eigenvalue weighted by atomic mass is 79.9. The number of phenolic OH excluding ortho intramolecular Hbond substituents is 1. The van der Waals surface area contributed by atoms with Crippen molar-refractivity contribution in [2.45, 2.75) is 84.6 Å². The van der Waals surface area contributed by atoms with Crippen molar-refractivity contribution in [3.63, 3.8) is 0 Å². The Hall–Kier alpha value is -2.93. The van der Waals surface area contributed by atoms with E-state index in [9.17, 15) is 15.3 Å². The highest BCUT2D eigenvalue weighted by Crippen LogP contribution is 2.41. The summed E-state index contributed by atoms with van der Waals surface area (Å²) in [6.07, 6.45) is 5.74. The van der Waals surface area contributed by atoms with Gasteiger partial charge in [0.15, 0.2) is 5.78 Å². The van der Waals surface area contributed by atoms with Crippen LogP contribution >= 0.6 is 17.0 Å². The SMILES string of the molecule is Br.CCC[C@H]1CN(CC(=O)c2cc(C(C)(C)C)c(O)c(C(C)(C)C)c2)C(=N)[C@@H]1c1cncn1Cc1ccccc1. The molecular weight excluding hydrogens is 564 g/mol. The first-order valence-electron chi connectivity index (χ1n) is 14.1. The molecule has 1 fully saturated rings. The minimum Gasteiger partial charge on any atom is -0.507 e. The number of carbonyl (C=O) groups is 1. The number of hydrogen-bond donors (Lipinski definition) is 2. The fraction of sp³-hybridized carbons (Fsp3) is 0.485. The molecule has 2 heterocycles. The van der Waals surface area contributed by atoms with E-state index in [1.54, 1.807) is 0 Å². The summed E-state index contributed by atoms with van der Waals surface area (Å²) >= 11 is 0. The number of likely N-dealkylation sites (tertiary alicyclic amines) is 1. The van der Waals surface area contributed by atoms with Crippen molar-refractivity contribution >= 4 is 28.6 Å². The molecule has 3 aromatic rings. The van der Waals surface area contributed by atoms with Gasteiger partial charge < -0.3 is 14.6 Å². The largest absolute Gasteiger partial charge is 0.507 e. The minimum absolute atomic E-state index is 0. The van der Waals surface area contributed by atoms with Crippen LogP contribution < -0.4 is 0 Å². The molecular formula is C33H45BrN4O2. The lowest BCUT2D eigenvalue weighted by Crippen LogP contribution is -2.32. The van der Waals surface area contributed by atoms with Crippen molar-refractivity contribution in [1.29, 1.82) is 5.41 Å². The van der Waals surface area contributed by atoms with E-state index in [4.69, 9.17) is 0 Å². The van der Waals surface area contributed by atoms with E-state index in [0.717, 1.165) is 29.7 Å². The van der Waals surface area contributed by atoms with Gasteiger partial charge in [0.25, 0.3) is 0 Å². The van der Waals surface area contributed by atoms with Gasteiger partial charge in [0, 0.05) is 41.7 Å². The average Bonchev–Trinajstić information content (AvgIpc) is 3.42. The number of imidazole rings is 1. The molecule has 0 saturated carbocycles. The van der Waals surface area contributed by atoms with Crippen LogP contribution in [0.4, 0.5) is 0 Å². The number of Topliss-reactive ketones (excluding diaryl/α,β-unsaturated/α-hetero) is 1. The van der Waals surface area contributed by atoms with Crippen LogP contribution in [0.5, 0.6) is 5.75 Å². The maximum Gasteiger partial charge on any atom is 0.182 e. The number of hydrogen-bond acceptors (Lipinski definition) is 4. The number of aromatic hydroxyl groups is 1. The summed E-state index contributed by atoms with van der Waals surface area (Å²) in [4.78, 5) is 20.2. The summed E-state index contributed by atoms with van der Waals surface area (Å²) in [7, 11) is 0. The number of carbonyl (C=O) groups excluding carboxylic acids is 1. The van der Waals surface area contributed by atoms with Crippen molar-refractivity contribution in [3.8, 4) is 5.75 Å². The number of rotatable bonds is 8. The average molecular weight is 610 g/mol. The first-order valence-corrected chi connectivity index (χ1v) is 14.1. The van der Waals surface area contributed by atoms with Crippen LogP contribution in [0, 0.1) is 11.3 Å². The zero-order chi connectivity index (χ0) is 28.5. The first-order chi connectivity index (χ1) is 18.3. The van der Waals surface area contributed by atoms with Crippen LogP contribution in [-0.4, -0.2) is 44.3 Å².